The van der Waals surface area contributed by atoms with Crippen molar-refractivity contribution in [1.29, 1.82) is 0 Å². The Morgan fingerprint density at radius 2 is 2.05 bits per heavy atom. The number of rotatable bonds is 7. The molecule has 0 aliphatic heterocycles. The summed E-state index contributed by atoms with van der Waals surface area (Å²) >= 11 is 0. The van der Waals surface area contributed by atoms with Gasteiger partial charge in [0, 0.05) is 16.2 Å². The summed E-state index contributed by atoms with van der Waals surface area (Å²) < 4.78 is 33.0. The molecule has 118 valence electrons. The minimum absolute atomic E-state index is 0.0719. The Morgan fingerprint density at radius 3 is 2.57 bits per heavy atom. The highest BCUT2D eigenvalue weighted by Crippen LogP contribution is 2.25. The van der Waals surface area contributed by atoms with E-state index in [2.05, 4.69) is 0 Å². The molecule has 0 aromatic heterocycles. The first-order chi connectivity index (χ1) is 9.77. The standard InChI is InChI=1S/C14H19ClO5S/c1-4-5-10(2)20-14(16)9-11-8-12(21(15,17)18)6-7-13(11)19-3/h6-8,10H,4-5,9H2,1-3H3. The number of esters is 1. The highest BCUT2D eigenvalue weighted by atomic mass is 35.7. The summed E-state index contributed by atoms with van der Waals surface area (Å²) in [6.07, 6.45) is 1.45. The van der Waals surface area contributed by atoms with E-state index in [0.717, 1.165) is 12.8 Å². The van der Waals surface area contributed by atoms with Gasteiger partial charge in [-0.25, -0.2) is 8.42 Å². The van der Waals surface area contributed by atoms with Crippen LogP contribution in [0.15, 0.2) is 23.1 Å². The molecule has 1 aromatic rings. The van der Waals surface area contributed by atoms with Gasteiger partial charge in [0.1, 0.15) is 5.75 Å². The molecule has 0 radical (unpaired) electrons. The molecule has 0 saturated heterocycles. The molecule has 0 amide bonds. The van der Waals surface area contributed by atoms with E-state index in [4.69, 9.17) is 20.2 Å². The van der Waals surface area contributed by atoms with Crippen LogP contribution in [-0.4, -0.2) is 27.6 Å². The van der Waals surface area contributed by atoms with Crippen molar-refractivity contribution in [3.63, 3.8) is 0 Å². The van der Waals surface area contributed by atoms with Crippen molar-refractivity contribution in [2.24, 2.45) is 0 Å². The lowest BCUT2D eigenvalue weighted by molar-refractivity contribution is -0.147. The third-order valence-electron chi connectivity index (χ3n) is 2.90. The minimum Gasteiger partial charge on any atom is -0.496 e. The number of hydrogen-bond acceptors (Lipinski definition) is 5. The Labute approximate surface area is 129 Å². The molecule has 0 bridgehead atoms. The zero-order chi connectivity index (χ0) is 16.0. The first-order valence-corrected chi connectivity index (χ1v) is 8.90. The monoisotopic (exact) mass is 334 g/mol. The first-order valence-electron chi connectivity index (χ1n) is 6.59. The van der Waals surface area contributed by atoms with E-state index in [0.29, 0.717) is 11.3 Å². The Kier molecular flexibility index (Phi) is 6.48. The fourth-order valence-electron chi connectivity index (χ4n) is 1.93. The molecular weight excluding hydrogens is 316 g/mol. The van der Waals surface area contributed by atoms with Crippen LogP contribution < -0.4 is 4.74 Å². The van der Waals surface area contributed by atoms with Crippen LogP contribution in [-0.2, 0) is 25.0 Å². The highest BCUT2D eigenvalue weighted by molar-refractivity contribution is 8.13. The Hall–Kier alpha value is -1.27. The second-order valence-corrected chi connectivity index (χ2v) is 7.24. The van der Waals surface area contributed by atoms with Crippen molar-refractivity contribution in [3.8, 4) is 5.75 Å². The van der Waals surface area contributed by atoms with E-state index in [9.17, 15) is 13.2 Å². The van der Waals surface area contributed by atoms with E-state index in [-0.39, 0.29) is 17.4 Å². The smallest absolute Gasteiger partial charge is 0.310 e. The SMILES string of the molecule is CCCC(C)OC(=O)Cc1cc(S(=O)(=O)Cl)ccc1OC. The van der Waals surface area contributed by atoms with Crippen LogP contribution in [0, 0.1) is 0 Å². The fourth-order valence-corrected chi connectivity index (χ4v) is 2.73. The molecule has 0 spiro atoms. The topological polar surface area (TPSA) is 69.7 Å². The average Bonchev–Trinajstić information content (AvgIpc) is 2.37. The van der Waals surface area contributed by atoms with Crippen molar-refractivity contribution in [2.45, 2.75) is 44.1 Å². The van der Waals surface area contributed by atoms with Gasteiger partial charge in [0.25, 0.3) is 9.05 Å². The van der Waals surface area contributed by atoms with Gasteiger partial charge in [-0.2, -0.15) is 0 Å². The zero-order valence-electron chi connectivity index (χ0n) is 12.3. The molecule has 0 heterocycles. The van der Waals surface area contributed by atoms with Crippen LogP contribution in [0.5, 0.6) is 5.75 Å². The van der Waals surface area contributed by atoms with Gasteiger partial charge in [-0.15, -0.1) is 0 Å². The number of methoxy groups -OCH3 is 1. The first kappa shape index (κ1) is 17.8. The van der Waals surface area contributed by atoms with Gasteiger partial charge in [0.15, 0.2) is 0 Å². The van der Waals surface area contributed by atoms with Crippen LogP contribution in [0.4, 0.5) is 0 Å². The van der Waals surface area contributed by atoms with Gasteiger partial charge >= 0.3 is 5.97 Å². The van der Waals surface area contributed by atoms with Crippen LogP contribution in [0.25, 0.3) is 0 Å². The maximum Gasteiger partial charge on any atom is 0.310 e. The number of halogens is 1. The number of carbonyl (C=O) groups excluding carboxylic acids is 1. The average molecular weight is 335 g/mol. The van der Waals surface area contributed by atoms with Crippen molar-refractivity contribution in [1.82, 2.24) is 0 Å². The second kappa shape index (κ2) is 7.66. The molecule has 1 aromatic carbocycles. The van der Waals surface area contributed by atoms with Crippen LogP contribution in [0.2, 0.25) is 0 Å². The molecule has 21 heavy (non-hydrogen) atoms. The molecule has 7 heteroatoms. The minimum atomic E-state index is -3.85. The number of carbonyl (C=O) groups is 1. The Bertz CT molecular complexity index is 597. The van der Waals surface area contributed by atoms with Crippen LogP contribution in [0.3, 0.4) is 0 Å². The van der Waals surface area contributed by atoms with E-state index >= 15 is 0 Å². The number of hydrogen-bond donors (Lipinski definition) is 0. The Morgan fingerprint density at radius 1 is 1.38 bits per heavy atom. The largest absolute Gasteiger partial charge is 0.496 e. The van der Waals surface area contributed by atoms with Crippen molar-refractivity contribution < 1.29 is 22.7 Å². The molecule has 0 fully saturated rings. The van der Waals surface area contributed by atoms with Crippen molar-refractivity contribution in [2.75, 3.05) is 7.11 Å². The summed E-state index contributed by atoms with van der Waals surface area (Å²) in [6, 6.07) is 4.12. The number of ether oxygens (including phenoxy) is 2. The van der Waals surface area contributed by atoms with Gasteiger partial charge in [0.05, 0.1) is 24.5 Å². The molecule has 0 N–H and O–H groups in total. The Balaban J connectivity index is 2.93. The lowest BCUT2D eigenvalue weighted by atomic mass is 10.1. The molecule has 5 nitrogen and oxygen atoms in total. The van der Waals surface area contributed by atoms with E-state index < -0.39 is 15.0 Å². The number of benzene rings is 1. The summed E-state index contributed by atoms with van der Waals surface area (Å²) in [6.45, 7) is 3.82. The molecular formula is C14H19ClO5S. The molecule has 0 aliphatic carbocycles. The maximum absolute atomic E-state index is 11.9. The lowest BCUT2D eigenvalue weighted by Gasteiger charge is -2.13. The molecule has 0 aliphatic rings. The van der Waals surface area contributed by atoms with Gasteiger partial charge in [-0.1, -0.05) is 13.3 Å². The molecule has 1 atom stereocenters. The second-order valence-electron chi connectivity index (χ2n) is 4.68. The van der Waals surface area contributed by atoms with Gasteiger partial charge in [-0.3, -0.25) is 4.79 Å². The van der Waals surface area contributed by atoms with Gasteiger partial charge < -0.3 is 9.47 Å². The predicted octanol–water partition coefficient (Wildman–Crippen LogP) is 2.90. The molecule has 1 rings (SSSR count). The molecule has 1 unspecified atom stereocenters. The zero-order valence-corrected chi connectivity index (χ0v) is 13.8. The summed E-state index contributed by atoms with van der Waals surface area (Å²) in [5.74, 6) is -0.0162. The maximum atomic E-state index is 11.9. The van der Waals surface area contributed by atoms with Crippen LogP contribution in [0.1, 0.15) is 32.3 Å². The van der Waals surface area contributed by atoms with E-state index in [1.54, 1.807) is 0 Å². The summed E-state index contributed by atoms with van der Waals surface area (Å²) in [5.41, 5.74) is 0.424. The van der Waals surface area contributed by atoms with Crippen molar-refractivity contribution in [3.05, 3.63) is 23.8 Å². The summed E-state index contributed by atoms with van der Waals surface area (Å²) in [4.78, 5) is 11.8. The highest BCUT2D eigenvalue weighted by Gasteiger charge is 2.17. The fraction of sp³-hybridized carbons (Fsp3) is 0.500. The quantitative estimate of drug-likeness (QED) is 0.566. The van der Waals surface area contributed by atoms with E-state index in [1.807, 2.05) is 13.8 Å². The van der Waals surface area contributed by atoms with Gasteiger partial charge in [-0.05, 0) is 31.5 Å². The van der Waals surface area contributed by atoms with Crippen molar-refractivity contribution >= 4 is 25.7 Å². The molecule has 0 saturated carbocycles. The third-order valence-corrected chi connectivity index (χ3v) is 4.25. The summed E-state index contributed by atoms with van der Waals surface area (Å²) in [7, 11) is 2.89. The summed E-state index contributed by atoms with van der Waals surface area (Å²) in [5, 5.41) is 0. The van der Waals surface area contributed by atoms with E-state index in [1.165, 1.54) is 25.3 Å². The van der Waals surface area contributed by atoms with Gasteiger partial charge in [0.2, 0.25) is 0 Å². The third kappa shape index (κ3) is 5.55. The normalized spacial score (nSPS) is 12.8. The lowest BCUT2D eigenvalue weighted by Crippen LogP contribution is -2.17. The predicted molar refractivity (Wildman–Crippen MR) is 80.2 cm³/mol. The van der Waals surface area contributed by atoms with Crippen LogP contribution >= 0.6 is 10.7 Å².